The average molecular weight is 524 g/mol. The van der Waals surface area contributed by atoms with Crippen molar-refractivity contribution >= 4 is 40.5 Å². The number of non-ortho nitro benzene ring substituents is 2. The third-order valence-electron chi connectivity index (χ3n) is 6.39. The van der Waals surface area contributed by atoms with E-state index in [1.54, 1.807) is 18.2 Å². The molecule has 0 saturated carbocycles. The van der Waals surface area contributed by atoms with Crippen molar-refractivity contribution in [2.75, 3.05) is 0 Å². The van der Waals surface area contributed by atoms with Gasteiger partial charge in [-0.25, -0.2) is 0 Å². The normalized spacial score (nSPS) is 13.5. The van der Waals surface area contributed by atoms with Crippen molar-refractivity contribution < 1.29 is 19.7 Å². The van der Waals surface area contributed by atoms with Crippen LogP contribution < -0.4 is 0 Å². The van der Waals surface area contributed by atoms with Gasteiger partial charge in [0.05, 0.1) is 43.0 Å². The van der Waals surface area contributed by atoms with Crippen molar-refractivity contribution in [3.8, 4) is 11.1 Å². The molecular weight excluding hydrogens is 508 g/mol. The molecule has 0 saturated heterocycles. The fourth-order valence-corrected chi connectivity index (χ4v) is 4.64. The first-order valence-corrected chi connectivity index (χ1v) is 11.4. The Balaban J connectivity index is 1.73. The minimum absolute atomic E-state index is 0.00159. The Bertz CT molecular complexity index is 1620. The molecule has 0 spiro atoms. The number of allylic oxidation sites excluding steroid dienone is 5. The second-order valence-corrected chi connectivity index (χ2v) is 8.73. The first kappa shape index (κ1) is 24.9. The number of hydrogen-bond acceptors (Lipinski definition) is 8. The summed E-state index contributed by atoms with van der Waals surface area (Å²) in [5.41, 5.74) is -1.40. The molecule has 39 heavy (non-hydrogen) atoms. The third kappa shape index (κ3) is 4.57. The van der Waals surface area contributed by atoms with Gasteiger partial charge >= 0.3 is 0 Å². The highest BCUT2D eigenvalue weighted by Crippen LogP contribution is 2.54. The first-order chi connectivity index (χ1) is 18.6. The zero-order valence-corrected chi connectivity index (χ0v) is 19.8. The molecule has 0 N–H and O–H groups in total. The Morgan fingerprint density at radius 2 is 1.08 bits per heavy atom. The average Bonchev–Trinajstić information content (AvgIpc) is 3.53. The summed E-state index contributed by atoms with van der Waals surface area (Å²) in [4.78, 5) is 43.7. The lowest BCUT2D eigenvalue weighted by molar-refractivity contribution is -0.395. The molecule has 0 bridgehead atoms. The van der Waals surface area contributed by atoms with Crippen LogP contribution in [0.15, 0.2) is 78.9 Å². The predicted molar refractivity (Wildman–Crippen MR) is 143 cm³/mol. The van der Waals surface area contributed by atoms with Crippen LogP contribution in [0.1, 0.15) is 22.3 Å². The van der Waals surface area contributed by atoms with Gasteiger partial charge in [0, 0.05) is 29.2 Å². The minimum Gasteiger partial charge on any atom is -0.258 e. The Morgan fingerprint density at radius 3 is 1.51 bits per heavy atom. The molecule has 12 heteroatoms. The molecule has 0 heterocycles. The van der Waals surface area contributed by atoms with Crippen molar-refractivity contribution in [2.45, 2.75) is 0 Å². The van der Waals surface area contributed by atoms with Crippen LogP contribution in [0, 0.1) is 46.4 Å². The lowest BCUT2D eigenvalue weighted by Crippen LogP contribution is -1.99. The number of fused-ring (bicyclic) bond motifs is 3. The van der Waals surface area contributed by atoms with E-state index in [-0.39, 0.29) is 33.7 Å². The zero-order chi connectivity index (χ0) is 27.8. The van der Waals surface area contributed by atoms with Crippen LogP contribution in [0.2, 0.25) is 0 Å². The molecule has 0 aromatic heterocycles. The van der Waals surface area contributed by atoms with Gasteiger partial charge in [-0.05, 0) is 22.8 Å². The maximum absolute atomic E-state index is 11.9. The molecule has 0 amide bonds. The molecule has 0 aliphatic heterocycles. The van der Waals surface area contributed by atoms with E-state index in [0.29, 0.717) is 5.56 Å². The smallest absolute Gasteiger partial charge is 0.258 e. The number of hydrogen-bond donors (Lipinski definition) is 0. The molecule has 0 atom stereocenters. The third-order valence-corrected chi connectivity index (χ3v) is 6.39. The van der Waals surface area contributed by atoms with Crippen LogP contribution in [0.5, 0.6) is 0 Å². The number of nitro groups is 4. The standard InChI is InChI=1S/C27H16N4O8/c32-28(33)19-12-22-21(11-18-9-7-17(8-10-18)6-5-16-3-1-2-4-16)23-13-20(29(34)35)15-25(31(38)39)27(23)26(22)24(14-19)30(36)37/h1-16H/b6-5+. The summed E-state index contributed by atoms with van der Waals surface area (Å²) in [6.45, 7) is 0. The largest absolute Gasteiger partial charge is 0.284 e. The number of nitrogens with zero attached hydrogens (tertiary/aromatic N) is 4. The van der Waals surface area contributed by atoms with Crippen LogP contribution in [0.25, 0.3) is 28.9 Å². The van der Waals surface area contributed by atoms with E-state index in [4.69, 9.17) is 0 Å². The van der Waals surface area contributed by atoms with E-state index >= 15 is 0 Å². The van der Waals surface area contributed by atoms with E-state index in [9.17, 15) is 40.5 Å². The molecule has 3 aromatic rings. The topological polar surface area (TPSA) is 173 Å². The van der Waals surface area contributed by atoms with E-state index < -0.39 is 42.4 Å². The molecule has 0 unspecified atom stereocenters. The Labute approximate surface area is 219 Å². The maximum atomic E-state index is 11.9. The van der Waals surface area contributed by atoms with Gasteiger partial charge in [0.15, 0.2) is 0 Å². The van der Waals surface area contributed by atoms with Gasteiger partial charge < -0.3 is 0 Å². The summed E-state index contributed by atoms with van der Waals surface area (Å²) < 4.78 is 0. The molecule has 0 fully saturated rings. The first-order valence-electron chi connectivity index (χ1n) is 11.4. The van der Waals surface area contributed by atoms with E-state index in [2.05, 4.69) is 0 Å². The number of rotatable bonds is 7. The van der Waals surface area contributed by atoms with Gasteiger partial charge in [0.1, 0.15) is 0 Å². The quantitative estimate of drug-likeness (QED) is 0.191. The molecule has 5 rings (SSSR count). The summed E-state index contributed by atoms with van der Waals surface area (Å²) in [5.74, 6) is 0.191. The van der Waals surface area contributed by atoms with Crippen molar-refractivity contribution in [3.63, 3.8) is 0 Å². The second-order valence-electron chi connectivity index (χ2n) is 8.73. The van der Waals surface area contributed by atoms with Crippen LogP contribution in [0.4, 0.5) is 22.7 Å². The minimum atomic E-state index is -0.862. The number of benzene rings is 3. The van der Waals surface area contributed by atoms with Crippen molar-refractivity contribution in [2.24, 2.45) is 5.92 Å². The van der Waals surface area contributed by atoms with Gasteiger partial charge in [0.2, 0.25) is 0 Å². The molecule has 192 valence electrons. The summed E-state index contributed by atoms with van der Waals surface area (Å²) in [7, 11) is 0. The molecule has 2 aliphatic carbocycles. The van der Waals surface area contributed by atoms with Crippen molar-refractivity contribution in [1.82, 2.24) is 0 Å². The highest BCUT2D eigenvalue weighted by Gasteiger charge is 2.40. The van der Waals surface area contributed by atoms with Crippen LogP contribution >= 0.6 is 0 Å². The monoisotopic (exact) mass is 524 g/mol. The predicted octanol–water partition coefficient (Wildman–Crippen LogP) is 6.64. The Morgan fingerprint density at radius 1 is 0.615 bits per heavy atom. The maximum Gasteiger partial charge on any atom is 0.284 e. The highest BCUT2D eigenvalue weighted by molar-refractivity contribution is 6.12. The molecule has 12 nitrogen and oxygen atoms in total. The van der Waals surface area contributed by atoms with Gasteiger partial charge in [-0.3, -0.25) is 40.5 Å². The Hall–Kier alpha value is -5.78. The van der Waals surface area contributed by atoms with E-state index in [0.717, 1.165) is 29.8 Å². The molecule has 2 aliphatic rings. The van der Waals surface area contributed by atoms with Crippen molar-refractivity contribution in [1.29, 1.82) is 0 Å². The van der Waals surface area contributed by atoms with Crippen LogP contribution in [-0.2, 0) is 0 Å². The fraction of sp³-hybridized carbons (Fsp3) is 0.0370. The molecule has 0 radical (unpaired) electrons. The summed E-state index contributed by atoms with van der Waals surface area (Å²) in [6, 6.07) is 10.7. The van der Waals surface area contributed by atoms with Gasteiger partial charge in [-0.15, -0.1) is 0 Å². The lowest BCUT2D eigenvalue weighted by Gasteiger charge is -2.05. The molecule has 3 aromatic carbocycles. The Kier molecular flexibility index (Phi) is 6.12. The fourth-order valence-electron chi connectivity index (χ4n) is 4.64. The summed E-state index contributed by atoms with van der Waals surface area (Å²) >= 11 is 0. The summed E-state index contributed by atoms with van der Waals surface area (Å²) in [6.07, 6.45) is 13.4. The summed E-state index contributed by atoms with van der Waals surface area (Å²) in [5, 5.41) is 47.0. The van der Waals surface area contributed by atoms with Crippen molar-refractivity contribution in [3.05, 3.63) is 142 Å². The second kappa shape index (κ2) is 9.59. The lowest BCUT2D eigenvalue weighted by atomic mass is 9.99. The van der Waals surface area contributed by atoms with Crippen LogP contribution in [0.3, 0.4) is 0 Å². The van der Waals surface area contributed by atoms with E-state index in [1.165, 1.54) is 0 Å². The highest BCUT2D eigenvalue weighted by atomic mass is 16.6. The number of nitro benzene ring substituents is 4. The van der Waals surface area contributed by atoms with E-state index in [1.807, 2.05) is 48.6 Å². The van der Waals surface area contributed by atoms with Crippen LogP contribution in [-0.4, -0.2) is 19.7 Å². The zero-order valence-electron chi connectivity index (χ0n) is 19.8. The van der Waals surface area contributed by atoms with Gasteiger partial charge in [-0.1, -0.05) is 60.7 Å². The van der Waals surface area contributed by atoms with Gasteiger partial charge in [0.25, 0.3) is 22.7 Å². The SMILES string of the molecule is O=[N+]([O-])c1cc2c(c([N+](=O)[O-])c1)-c1c(cc([N+](=O)[O-])cc1[N+](=O)[O-])C2=Cc1ccc(/C=C/C2C=CC=C2)cc1. The van der Waals surface area contributed by atoms with Gasteiger partial charge in [-0.2, -0.15) is 0 Å². The molecular formula is C27H16N4O8.